The number of amides is 1. The molecule has 2 heterocycles. The highest BCUT2D eigenvalue weighted by atomic mass is 16.7. The first-order valence-electron chi connectivity index (χ1n) is 8.44. The monoisotopic (exact) mass is 364 g/mol. The van der Waals surface area contributed by atoms with E-state index in [0.717, 1.165) is 18.9 Å². The van der Waals surface area contributed by atoms with E-state index in [4.69, 9.17) is 14.2 Å². The van der Waals surface area contributed by atoms with Crippen molar-refractivity contribution in [2.45, 2.75) is 32.8 Å². The Labute approximate surface area is 150 Å². The molecule has 0 bridgehead atoms. The molecular weight excluding hydrogens is 344 g/mol. The average Bonchev–Trinajstić information content (AvgIpc) is 3.08. The van der Waals surface area contributed by atoms with Gasteiger partial charge < -0.3 is 19.1 Å². The van der Waals surface area contributed by atoms with Crippen LogP contribution in [0.3, 0.4) is 0 Å². The number of likely N-dealkylation sites (tertiary alicyclic amines) is 1. The summed E-state index contributed by atoms with van der Waals surface area (Å²) in [6.07, 6.45) is 0.779. The molecule has 0 unspecified atom stereocenters. The van der Waals surface area contributed by atoms with Crippen molar-refractivity contribution in [3.63, 3.8) is 0 Å². The van der Waals surface area contributed by atoms with Gasteiger partial charge in [0, 0.05) is 19.2 Å². The number of hydrogen-bond donors (Lipinski definition) is 0. The zero-order valence-corrected chi connectivity index (χ0v) is 14.6. The number of hydrogen-bond acceptors (Lipinski definition) is 7. The maximum absolute atomic E-state index is 12.4. The van der Waals surface area contributed by atoms with Crippen LogP contribution in [0.5, 0.6) is 11.5 Å². The van der Waals surface area contributed by atoms with Crippen LogP contribution in [-0.2, 0) is 9.53 Å². The predicted octanol–water partition coefficient (Wildman–Crippen LogP) is 2.13. The van der Waals surface area contributed by atoms with E-state index in [1.807, 2.05) is 0 Å². The molecule has 3 rings (SSSR count). The highest BCUT2D eigenvalue weighted by Gasteiger charge is 2.32. The molecule has 0 saturated carbocycles. The maximum Gasteiger partial charge on any atom is 0.346 e. The Hall–Kier alpha value is -2.84. The van der Waals surface area contributed by atoms with E-state index in [-0.39, 0.29) is 29.8 Å². The number of piperidine rings is 1. The van der Waals surface area contributed by atoms with Crippen LogP contribution < -0.4 is 9.47 Å². The summed E-state index contributed by atoms with van der Waals surface area (Å²) < 4.78 is 15.4. The van der Waals surface area contributed by atoms with E-state index < -0.39 is 22.7 Å². The molecule has 0 spiro atoms. The van der Waals surface area contributed by atoms with Gasteiger partial charge >= 0.3 is 5.97 Å². The van der Waals surface area contributed by atoms with Crippen molar-refractivity contribution in [3.8, 4) is 11.5 Å². The van der Waals surface area contributed by atoms with Crippen LogP contribution in [0.4, 0.5) is 5.69 Å². The Morgan fingerprint density at radius 2 is 1.88 bits per heavy atom. The smallest absolute Gasteiger partial charge is 0.346 e. The van der Waals surface area contributed by atoms with Gasteiger partial charge in [0.1, 0.15) is 5.56 Å². The normalized spacial score (nSPS) is 17.7. The Kier molecular flexibility index (Phi) is 4.97. The van der Waals surface area contributed by atoms with Crippen LogP contribution in [0.25, 0.3) is 0 Å². The lowest BCUT2D eigenvalue weighted by atomic mass is 9.99. The number of ether oxygens (including phenoxy) is 3. The molecule has 0 aromatic heterocycles. The SMILES string of the molecule is CC1CCN(C(=O)[C@H](C)OC(=O)c2cc3c(cc2[N+](=O)[O-])OCO3)CC1. The summed E-state index contributed by atoms with van der Waals surface area (Å²) >= 11 is 0. The van der Waals surface area contributed by atoms with Crippen molar-refractivity contribution < 1.29 is 28.7 Å². The predicted molar refractivity (Wildman–Crippen MR) is 89.1 cm³/mol. The first kappa shape index (κ1) is 18.0. The summed E-state index contributed by atoms with van der Waals surface area (Å²) in [6, 6.07) is 2.33. The van der Waals surface area contributed by atoms with Crippen molar-refractivity contribution in [2.75, 3.05) is 19.9 Å². The molecule has 1 fully saturated rings. The molecule has 140 valence electrons. The fourth-order valence-corrected chi connectivity index (χ4v) is 3.01. The highest BCUT2D eigenvalue weighted by molar-refractivity contribution is 5.96. The van der Waals surface area contributed by atoms with Crippen molar-refractivity contribution in [1.29, 1.82) is 0 Å². The van der Waals surface area contributed by atoms with Gasteiger partial charge in [-0.3, -0.25) is 14.9 Å². The third kappa shape index (κ3) is 3.56. The summed E-state index contributed by atoms with van der Waals surface area (Å²) in [7, 11) is 0. The lowest BCUT2D eigenvalue weighted by molar-refractivity contribution is -0.385. The molecule has 1 saturated heterocycles. The van der Waals surface area contributed by atoms with Crippen LogP contribution in [0.15, 0.2) is 12.1 Å². The Morgan fingerprint density at radius 1 is 1.27 bits per heavy atom. The topological polar surface area (TPSA) is 108 Å². The molecule has 2 aliphatic rings. The number of benzene rings is 1. The van der Waals surface area contributed by atoms with Crippen molar-refractivity contribution in [1.82, 2.24) is 4.90 Å². The number of fused-ring (bicyclic) bond motifs is 1. The zero-order valence-electron chi connectivity index (χ0n) is 14.6. The number of carbonyl (C=O) groups is 2. The molecule has 9 nitrogen and oxygen atoms in total. The number of carbonyl (C=O) groups excluding carboxylic acids is 2. The summed E-state index contributed by atoms with van der Waals surface area (Å²) in [6.45, 7) is 4.76. The van der Waals surface area contributed by atoms with Crippen molar-refractivity contribution >= 4 is 17.6 Å². The van der Waals surface area contributed by atoms with Gasteiger partial charge in [-0.15, -0.1) is 0 Å². The summed E-state index contributed by atoms with van der Waals surface area (Å²) in [5, 5.41) is 11.3. The number of nitro benzene ring substituents is 1. The quantitative estimate of drug-likeness (QED) is 0.457. The molecular formula is C17H20N2O7. The number of rotatable bonds is 4. The van der Waals surface area contributed by atoms with Crippen molar-refractivity contribution in [2.24, 2.45) is 5.92 Å². The molecule has 0 N–H and O–H groups in total. The fourth-order valence-electron chi connectivity index (χ4n) is 3.01. The van der Waals surface area contributed by atoms with Gasteiger partial charge in [0.25, 0.3) is 11.6 Å². The first-order chi connectivity index (χ1) is 12.4. The van der Waals surface area contributed by atoms with Gasteiger partial charge in [-0.1, -0.05) is 6.92 Å². The second kappa shape index (κ2) is 7.19. The molecule has 2 aliphatic heterocycles. The van der Waals surface area contributed by atoms with E-state index >= 15 is 0 Å². The van der Waals surface area contributed by atoms with Crippen LogP contribution in [0.1, 0.15) is 37.0 Å². The molecule has 1 aromatic rings. The van der Waals surface area contributed by atoms with Crippen LogP contribution >= 0.6 is 0 Å². The minimum atomic E-state index is -1.03. The van der Waals surface area contributed by atoms with Crippen LogP contribution in [-0.4, -0.2) is 47.7 Å². The van der Waals surface area contributed by atoms with Crippen LogP contribution in [0, 0.1) is 16.0 Å². The van der Waals surface area contributed by atoms with Crippen molar-refractivity contribution in [3.05, 3.63) is 27.8 Å². The highest BCUT2D eigenvalue weighted by Crippen LogP contribution is 2.38. The first-order valence-corrected chi connectivity index (χ1v) is 8.44. The van der Waals surface area contributed by atoms with Gasteiger partial charge in [0.05, 0.1) is 11.0 Å². The second-order valence-electron chi connectivity index (χ2n) is 6.54. The van der Waals surface area contributed by atoms with Crippen LogP contribution in [0.2, 0.25) is 0 Å². The lowest BCUT2D eigenvalue weighted by Gasteiger charge is -2.31. The minimum Gasteiger partial charge on any atom is -0.454 e. The standard InChI is InChI=1S/C17H20N2O7/c1-10-3-5-18(6-4-10)16(20)11(2)26-17(21)12-7-14-15(25-9-24-14)8-13(12)19(22)23/h7-8,10-11H,3-6,9H2,1-2H3/t11-/m0/s1. The second-order valence-corrected chi connectivity index (χ2v) is 6.54. The Balaban J connectivity index is 1.73. The average molecular weight is 364 g/mol. The fraction of sp³-hybridized carbons (Fsp3) is 0.529. The lowest BCUT2D eigenvalue weighted by Crippen LogP contribution is -2.44. The van der Waals surface area contributed by atoms with Gasteiger partial charge in [-0.05, 0) is 25.7 Å². The molecule has 0 radical (unpaired) electrons. The van der Waals surface area contributed by atoms with E-state index in [2.05, 4.69) is 6.92 Å². The molecule has 26 heavy (non-hydrogen) atoms. The molecule has 1 atom stereocenters. The molecule has 1 amide bonds. The summed E-state index contributed by atoms with van der Waals surface area (Å²) in [4.78, 5) is 37.1. The van der Waals surface area contributed by atoms with Gasteiger partial charge in [0.2, 0.25) is 6.79 Å². The van der Waals surface area contributed by atoms with E-state index in [0.29, 0.717) is 19.0 Å². The van der Waals surface area contributed by atoms with Gasteiger partial charge in [-0.25, -0.2) is 4.79 Å². The number of nitro groups is 1. The minimum absolute atomic E-state index is 0.0761. The summed E-state index contributed by atoms with van der Waals surface area (Å²) in [5.74, 6) is -0.255. The van der Waals surface area contributed by atoms with E-state index in [1.165, 1.54) is 13.0 Å². The maximum atomic E-state index is 12.4. The third-order valence-corrected chi connectivity index (χ3v) is 4.63. The molecule has 9 heteroatoms. The third-order valence-electron chi connectivity index (χ3n) is 4.63. The van der Waals surface area contributed by atoms with E-state index in [1.54, 1.807) is 4.90 Å². The zero-order chi connectivity index (χ0) is 18.8. The molecule has 1 aromatic carbocycles. The van der Waals surface area contributed by atoms with Gasteiger partial charge in [0.15, 0.2) is 17.6 Å². The Bertz CT molecular complexity index is 741. The number of esters is 1. The molecule has 0 aliphatic carbocycles. The summed E-state index contributed by atoms with van der Waals surface area (Å²) in [5.41, 5.74) is -0.725. The Morgan fingerprint density at radius 3 is 2.50 bits per heavy atom. The van der Waals surface area contributed by atoms with Gasteiger partial charge in [-0.2, -0.15) is 0 Å². The number of nitrogens with zero attached hydrogens (tertiary/aromatic N) is 2. The largest absolute Gasteiger partial charge is 0.454 e. The van der Waals surface area contributed by atoms with E-state index in [9.17, 15) is 19.7 Å².